The Morgan fingerprint density at radius 3 is 2.71 bits per heavy atom. The zero-order chi connectivity index (χ0) is 19.7. The monoisotopic (exact) mass is 376 g/mol. The van der Waals surface area contributed by atoms with Crippen molar-refractivity contribution >= 4 is 22.9 Å². The number of rotatable bonds is 4. The van der Waals surface area contributed by atoms with Crippen LogP contribution >= 0.6 is 0 Å². The molecule has 0 fully saturated rings. The van der Waals surface area contributed by atoms with E-state index in [4.69, 9.17) is 0 Å². The maximum atomic E-state index is 12.6. The number of aromatic hydroxyl groups is 1. The summed E-state index contributed by atoms with van der Waals surface area (Å²) in [6.45, 7) is 0. The van der Waals surface area contributed by atoms with Crippen LogP contribution in [0.3, 0.4) is 0 Å². The fourth-order valence-electron chi connectivity index (χ4n) is 2.64. The van der Waals surface area contributed by atoms with E-state index in [2.05, 4.69) is 15.2 Å². The molecule has 0 radical (unpaired) electrons. The van der Waals surface area contributed by atoms with Crippen molar-refractivity contribution in [3.8, 4) is 11.4 Å². The van der Waals surface area contributed by atoms with E-state index < -0.39 is 21.9 Å². The first-order valence-electron chi connectivity index (χ1n) is 8.07. The van der Waals surface area contributed by atoms with Crippen molar-refractivity contribution < 1.29 is 10.0 Å². The van der Waals surface area contributed by atoms with Gasteiger partial charge in [-0.05, 0) is 24.3 Å². The molecule has 10 nitrogen and oxygen atoms in total. The zero-order valence-electron chi connectivity index (χ0n) is 14.2. The number of benzene rings is 2. The van der Waals surface area contributed by atoms with Crippen LogP contribution in [0.25, 0.3) is 16.7 Å². The number of nitro groups is 1. The van der Waals surface area contributed by atoms with Crippen molar-refractivity contribution in [1.82, 2.24) is 19.4 Å². The SMILES string of the molecule is O=c1c2cnn(-c3ccccc3)c2ncn1/N=C\c1ccc(O)c([N+](=O)[O-])c1. The molecule has 1 N–H and O–H groups in total. The van der Waals surface area contributed by atoms with Crippen molar-refractivity contribution in [2.24, 2.45) is 5.10 Å². The number of phenols is 1. The van der Waals surface area contributed by atoms with Crippen LogP contribution in [0, 0.1) is 10.1 Å². The fourth-order valence-corrected chi connectivity index (χ4v) is 2.64. The molecule has 0 unspecified atom stereocenters. The number of phenolic OH excluding ortho intramolecular Hbond substituents is 1. The van der Waals surface area contributed by atoms with Gasteiger partial charge in [-0.1, -0.05) is 18.2 Å². The van der Waals surface area contributed by atoms with Crippen LogP contribution in [0.15, 0.2) is 71.0 Å². The van der Waals surface area contributed by atoms with E-state index in [-0.39, 0.29) is 5.39 Å². The number of nitro benzene ring substituents is 1. The summed E-state index contributed by atoms with van der Waals surface area (Å²) in [5.74, 6) is -0.448. The Hall–Kier alpha value is -4.34. The molecule has 0 spiro atoms. The molecule has 0 aliphatic rings. The van der Waals surface area contributed by atoms with Crippen molar-refractivity contribution in [2.45, 2.75) is 0 Å². The molecule has 0 saturated carbocycles. The normalized spacial score (nSPS) is 11.3. The molecule has 0 saturated heterocycles. The van der Waals surface area contributed by atoms with E-state index in [0.29, 0.717) is 11.2 Å². The van der Waals surface area contributed by atoms with Gasteiger partial charge in [-0.15, -0.1) is 0 Å². The Morgan fingerprint density at radius 2 is 1.96 bits per heavy atom. The molecule has 28 heavy (non-hydrogen) atoms. The Kier molecular flexibility index (Phi) is 4.13. The third-order valence-electron chi connectivity index (χ3n) is 4.00. The molecule has 0 aliphatic carbocycles. The van der Waals surface area contributed by atoms with Gasteiger partial charge in [0.2, 0.25) is 0 Å². The van der Waals surface area contributed by atoms with Crippen LogP contribution in [0.2, 0.25) is 0 Å². The quantitative estimate of drug-likeness (QED) is 0.330. The van der Waals surface area contributed by atoms with Gasteiger partial charge in [-0.3, -0.25) is 14.9 Å². The molecule has 0 atom stereocenters. The largest absolute Gasteiger partial charge is 0.502 e. The second kappa shape index (κ2) is 6.76. The highest BCUT2D eigenvalue weighted by molar-refractivity contribution is 5.81. The van der Waals surface area contributed by atoms with Gasteiger partial charge < -0.3 is 5.11 Å². The second-order valence-electron chi connectivity index (χ2n) is 5.77. The second-order valence-corrected chi connectivity index (χ2v) is 5.77. The van der Waals surface area contributed by atoms with Crippen molar-refractivity contribution in [2.75, 3.05) is 0 Å². The average Bonchev–Trinajstić information content (AvgIpc) is 3.14. The number of hydrogen-bond acceptors (Lipinski definition) is 7. The van der Waals surface area contributed by atoms with Crippen LogP contribution in [0.4, 0.5) is 5.69 Å². The highest BCUT2D eigenvalue weighted by Gasteiger charge is 2.13. The van der Waals surface area contributed by atoms with Gasteiger partial charge in [0, 0.05) is 11.6 Å². The van der Waals surface area contributed by atoms with Gasteiger partial charge in [0.25, 0.3) is 5.56 Å². The third kappa shape index (κ3) is 2.98. The molecule has 0 aliphatic heterocycles. The van der Waals surface area contributed by atoms with Gasteiger partial charge >= 0.3 is 5.69 Å². The van der Waals surface area contributed by atoms with E-state index in [0.717, 1.165) is 16.4 Å². The zero-order valence-corrected chi connectivity index (χ0v) is 14.2. The minimum Gasteiger partial charge on any atom is -0.502 e. The maximum absolute atomic E-state index is 12.6. The molecule has 2 heterocycles. The number of hydrogen-bond donors (Lipinski definition) is 1. The lowest BCUT2D eigenvalue weighted by atomic mass is 10.2. The summed E-state index contributed by atoms with van der Waals surface area (Å²) < 4.78 is 2.56. The first kappa shape index (κ1) is 17.1. The molecule has 2 aromatic carbocycles. The summed E-state index contributed by atoms with van der Waals surface area (Å²) in [5.41, 5.74) is 0.618. The molecule has 0 bridgehead atoms. The summed E-state index contributed by atoms with van der Waals surface area (Å²) in [5, 5.41) is 28.9. The number of para-hydroxylation sites is 1. The average molecular weight is 376 g/mol. The van der Waals surface area contributed by atoms with E-state index in [9.17, 15) is 20.0 Å². The highest BCUT2D eigenvalue weighted by Crippen LogP contribution is 2.25. The third-order valence-corrected chi connectivity index (χ3v) is 4.00. The Labute approximate surface area is 156 Å². The highest BCUT2D eigenvalue weighted by atomic mass is 16.6. The molecule has 10 heteroatoms. The topological polar surface area (TPSA) is 128 Å². The maximum Gasteiger partial charge on any atom is 0.311 e. The molecule has 4 aromatic rings. The van der Waals surface area contributed by atoms with Gasteiger partial charge in [0.15, 0.2) is 11.4 Å². The lowest BCUT2D eigenvalue weighted by Crippen LogP contribution is -2.17. The summed E-state index contributed by atoms with van der Waals surface area (Å²) in [6.07, 6.45) is 3.93. The van der Waals surface area contributed by atoms with E-state index in [1.165, 1.54) is 30.9 Å². The minimum atomic E-state index is -0.704. The first-order valence-corrected chi connectivity index (χ1v) is 8.07. The van der Waals surface area contributed by atoms with E-state index in [1.54, 1.807) is 4.68 Å². The lowest BCUT2D eigenvalue weighted by molar-refractivity contribution is -0.385. The van der Waals surface area contributed by atoms with E-state index in [1.807, 2.05) is 30.3 Å². The summed E-state index contributed by atoms with van der Waals surface area (Å²) in [7, 11) is 0. The van der Waals surface area contributed by atoms with Gasteiger partial charge in [-0.2, -0.15) is 14.9 Å². The van der Waals surface area contributed by atoms with Gasteiger partial charge in [0.1, 0.15) is 11.7 Å². The van der Waals surface area contributed by atoms with Gasteiger partial charge in [-0.25, -0.2) is 9.67 Å². The van der Waals surface area contributed by atoms with E-state index >= 15 is 0 Å². The number of fused-ring (bicyclic) bond motifs is 1. The van der Waals surface area contributed by atoms with Crippen LogP contribution in [-0.2, 0) is 0 Å². The predicted octanol–water partition coefficient (Wildman–Crippen LogP) is 2.08. The summed E-state index contributed by atoms with van der Waals surface area (Å²) in [6, 6.07) is 13.0. The Morgan fingerprint density at radius 1 is 1.18 bits per heavy atom. The standard InChI is InChI=1S/C18H12N6O4/c25-16-7-6-12(8-15(16)24(27)28)9-20-22-11-19-17-14(18(22)26)10-21-23(17)13-4-2-1-3-5-13/h1-11,25H/b20-9-. The van der Waals surface area contributed by atoms with Gasteiger partial charge in [0.05, 0.1) is 23.0 Å². The van der Waals surface area contributed by atoms with Crippen molar-refractivity contribution in [3.05, 3.63) is 87.1 Å². The molecule has 138 valence electrons. The number of nitrogens with zero attached hydrogens (tertiary/aromatic N) is 6. The summed E-state index contributed by atoms with van der Waals surface area (Å²) >= 11 is 0. The lowest BCUT2D eigenvalue weighted by Gasteiger charge is -2.02. The predicted molar refractivity (Wildman–Crippen MR) is 101 cm³/mol. The molecular formula is C18H12N6O4. The van der Waals surface area contributed by atoms with Crippen LogP contribution < -0.4 is 5.56 Å². The van der Waals surface area contributed by atoms with Crippen molar-refractivity contribution in [1.29, 1.82) is 0 Å². The minimum absolute atomic E-state index is 0.278. The molecule has 2 aromatic heterocycles. The summed E-state index contributed by atoms with van der Waals surface area (Å²) in [4.78, 5) is 27.1. The Balaban J connectivity index is 1.72. The Bertz CT molecular complexity index is 1280. The smallest absolute Gasteiger partial charge is 0.311 e. The molecule has 0 amide bonds. The van der Waals surface area contributed by atoms with Crippen molar-refractivity contribution in [3.63, 3.8) is 0 Å². The molecule has 4 rings (SSSR count). The van der Waals surface area contributed by atoms with Crippen LogP contribution in [-0.4, -0.2) is 35.7 Å². The fraction of sp³-hybridized carbons (Fsp3) is 0. The first-order chi connectivity index (χ1) is 13.5. The van der Waals surface area contributed by atoms with Crippen LogP contribution in [0.5, 0.6) is 5.75 Å². The van der Waals surface area contributed by atoms with Crippen LogP contribution in [0.1, 0.15) is 5.56 Å². The number of aromatic nitrogens is 4. The molecular weight excluding hydrogens is 364 g/mol.